The third kappa shape index (κ3) is 6.42. The second-order valence-electron chi connectivity index (χ2n) is 5.26. The average molecular weight is 346 g/mol. The van der Waals surface area contributed by atoms with Crippen LogP contribution in [0.25, 0.3) is 0 Å². The molecule has 0 aliphatic heterocycles. The number of para-hydroxylation sites is 2. The largest absolute Gasteiger partial charge is 0.457 e. The summed E-state index contributed by atoms with van der Waals surface area (Å²) in [5.74, 6) is 2.06. The minimum atomic E-state index is -0.825. The molecule has 2 aromatic rings. The van der Waals surface area contributed by atoms with Gasteiger partial charge in [0.1, 0.15) is 11.5 Å². The van der Waals surface area contributed by atoms with Crippen LogP contribution in [0.3, 0.4) is 0 Å². The molecule has 128 valence electrons. The van der Waals surface area contributed by atoms with Gasteiger partial charge in [-0.15, -0.1) is 0 Å². The van der Waals surface area contributed by atoms with Crippen molar-refractivity contribution < 1.29 is 13.7 Å². The molecule has 1 atom stereocenters. The molecule has 0 unspecified atom stereocenters. The Morgan fingerprint density at radius 3 is 2.50 bits per heavy atom. The van der Waals surface area contributed by atoms with Crippen molar-refractivity contribution in [3.05, 3.63) is 60.2 Å². The summed E-state index contributed by atoms with van der Waals surface area (Å²) in [6.45, 7) is 0.877. The first-order valence-electron chi connectivity index (χ1n) is 7.77. The lowest BCUT2D eigenvalue weighted by molar-refractivity contribution is 0.240. The van der Waals surface area contributed by atoms with E-state index in [1.807, 2.05) is 54.6 Å². The van der Waals surface area contributed by atoms with Crippen molar-refractivity contribution in [2.24, 2.45) is 0 Å². The number of rotatable bonds is 8. The maximum Gasteiger partial charge on any atom is 0.315 e. The van der Waals surface area contributed by atoms with Crippen molar-refractivity contribution in [2.75, 3.05) is 18.6 Å². The van der Waals surface area contributed by atoms with Gasteiger partial charge >= 0.3 is 6.03 Å². The number of carbonyl (C=O) groups is 1. The number of ether oxygens (including phenoxy) is 1. The second-order valence-corrected chi connectivity index (χ2v) is 6.82. The fraction of sp³-hybridized carbons (Fsp3) is 0.278. The summed E-state index contributed by atoms with van der Waals surface area (Å²) in [5.41, 5.74) is 0.895. The highest BCUT2D eigenvalue weighted by Gasteiger charge is 2.06. The van der Waals surface area contributed by atoms with Gasteiger partial charge in [-0.25, -0.2) is 4.79 Å². The Bertz CT molecular complexity index is 677. The average Bonchev–Trinajstić information content (AvgIpc) is 2.59. The van der Waals surface area contributed by atoms with Crippen LogP contribution in [0.1, 0.15) is 12.0 Å². The van der Waals surface area contributed by atoms with E-state index in [4.69, 9.17) is 4.74 Å². The zero-order valence-electron chi connectivity index (χ0n) is 13.7. The van der Waals surface area contributed by atoms with Crippen LogP contribution in [0.15, 0.2) is 54.6 Å². The molecule has 0 aromatic heterocycles. The molecule has 0 saturated heterocycles. The lowest BCUT2D eigenvalue weighted by atomic mass is 10.2. The molecular weight excluding hydrogens is 324 g/mol. The number of urea groups is 1. The standard InChI is InChI=1S/C18H22N2O3S/c1-24(22)13-7-12-19-18(21)20-14-15-8-5-6-11-17(15)23-16-9-3-2-4-10-16/h2-6,8-11H,7,12-14H2,1H3,(H2,19,20,21)/t24-/m1/s1. The molecule has 2 N–H and O–H groups in total. The summed E-state index contributed by atoms with van der Waals surface area (Å²) in [5, 5.41) is 5.56. The van der Waals surface area contributed by atoms with Crippen LogP contribution < -0.4 is 15.4 Å². The molecule has 0 aliphatic carbocycles. The SMILES string of the molecule is C[S@@](=O)CCCNC(=O)NCc1ccccc1Oc1ccccc1. The quantitative estimate of drug-likeness (QED) is 0.722. The molecular formula is C18H22N2O3S. The van der Waals surface area contributed by atoms with Gasteiger partial charge in [0.25, 0.3) is 0 Å². The Balaban J connectivity index is 1.84. The number of hydrogen-bond donors (Lipinski definition) is 2. The number of hydrogen-bond acceptors (Lipinski definition) is 3. The van der Waals surface area contributed by atoms with E-state index in [0.717, 1.165) is 11.3 Å². The lowest BCUT2D eigenvalue weighted by Gasteiger charge is -2.12. The van der Waals surface area contributed by atoms with Crippen molar-refractivity contribution in [1.29, 1.82) is 0 Å². The molecule has 2 amide bonds. The highest BCUT2D eigenvalue weighted by molar-refractivity contribution is 7.84. The molecule has 0 aliphatic rings. The predicted octanol–water partition coefficient (Wildman–Crippen LogP) is 3.05. The monoisotopic (exact) mass is 346 g/mol. The lowest BCUT2D eigenvalue weighted by Crippen LogP contribution is -2.36. The minimum absolute atomic E-state index is 0.244. The molecule has 0 fully saturated rings. The number of amides is 2. The summed E-state index contributed by atoms with van der Waals surface area (Å²) >= 11 is 0. The molecule has 6 heteroatoms. The van der Waals surface area contributed by atoms with Crippen LogP contribution in [0, 0.1) is 0 Å². The molecule has 0 bridgehead atoms. The Hall–Kier alpha value is -2.34. The van der Waals surface area contributed by atoms with E-state index in [0.29, 0.717) is 31.0 Å². The van der Waals surface area contributed by atoms with Gasteiger partial charge in [0.15, 0.2) is 0 Å². The van der Waals surface area contributed by atoms with E-state index in [1.54, 1.807) is 6.26 Å². The number of carbonyl (C=O) groups excluding carboxylic acids is 1. The van der Waals surface area contributed by atoms with Crippen LogP contribution in [-0.2, 0) is 17.3 Å². The first kappa shape index (κ1) is 18.0. The summed E-state index contributed by atoms with van der Waals surface area (Å²) in [6.07, 6.45) is 2.36. The van der Waals surface area contributed by atoms with Gasteiger partial charge in [0.2, 0.25) is 0 Å². The fourth-order valence-electron chi connectivity index (χ4n) is 2.08. The highest BCUT2D eigenvalue weighted by atomic mass is 32.2. The van der Waals surface area contributed by atoms with Gasteiger partial charge in [0, 0.05) is 41.5 Å². The van der Waals surface area contributed by atoms with Gasteiger partial charge in [-0.1, -0.05) is 36.4 Å². The van der Waals surface area contributed by atoms with Gasteiger partial charge in [-0.05, 0) is 24.6 Å². The Labute approximate surface area is 144 Å². The van der Waals surface area contributed by atoms with E-state index in [1.165, 1.54) is 0 Å². The highest BCUT2D eigenvalue weighted by Crippen LogP contribution is 2.24. The third-order valence-electron chi connectivity index (χ3n) is 3.28. The minimum Gasteiger partial charge on any atom is -0.457 e. The zero-order chi connectivity index (χ0) is 17.2. The van der Waals surface area contributed by atoms with Crippen molar-refractivity contribution in [3.63, 3.8) is 0 Å². The molecule has 5 nitrogen and oxygen atoms in total. The first-order chi connectivity index (χ1) is 11.6. The van der Waals surface area contributed by atoms with E-state index in [-0.39, 0.29) is 6.03 Å². The van der Waals surface area contributed by atoms with E-state index in [9.17, 15) is 9.00 Å². The predicted molar refractivity (Wildman–Crippen MR) is 96.7 cm³/mol. The van der Waals surface area contributed by atoms with Crippen LogP contribution in [0.5, 0.6) is 11.5 Å². The maximum absolute atomic E-state index is 11.8. The summed E-state index contributed by atoms with van der Waals surface area (Å²) in [7, 11) is -0.825. The smallest absolute Gasteiger partial charge is 0.315 e. The molecule has 2 rings (SSSR count). The van der Waals surface area contributed by atoms with Gasteiger partial charge < -0.3 is 15.4 Å². The van der Waals surface area contributed by atoms with Crippen molar-refractivity contribution in [3.8, 4) is 11.5 Å². The van der Waals surface area contributed by atoms with E-state index in [2.05, 4.69) is 10.6 Å². The van der Waals surface area contributed by atoms with Crippen LogP contribution in [0.4, 0.5) is 4.79 Å². The normalized spacial score (nSPS) is 11.5. The first-order valence-corrected chi connectivity index (χ1v) is 9.50. The van der Waals surface area contributed by atoms with Crippen molar-refractivity contribution in [2.45, 2.75) is 13.0 Å². The van der Waals surface area contributed by atoms with Crippen LogP contribution in [0.2, 0.25) is 0 Å². The fourth-order valence-corrected chi connectivity index (χ4v) is 2.63. The second kappa shape index (κ2) is 9.72. The van der Waals surface area contributed by atoms with Gasteiger partial charge in [-0.2, -0.15) is 0 Å². The Morgan fingerprint density at radius 2 is 1.75 bits per heavy atom. The molecule has 0 heterocycles. The zero-order valence-corrected chi connectivity index (χ0v) is 14.5. The number of benzene rings is 2. The molecule has 2 aromatic carbocycles. The van der Waals surface area contributed by atoms with Crippen molar-refractivity contribution >= 4 is 16.8 Å². The van der Waals surface area contributed by atoms with Gasteiger partial charge in [-0.3, -0.25) is 4.21 Å². The van der Waals surface area contributed by atoms with E-state index >= 15 is 0 Å². The third-order valence-corrected chi connectivity index (χ3v) is 4.14. The van der Waals surface area contributed by atoms with Crippen LogP contribution >= 0.6 is 0 Å². The molecule has 0 radical (unpaired) electrons. The van der Waals surface area contributed by atoms with E-state index < -0.39 is 10.8 Å². The summed E-state index contributed by atoms with van der Waals surface area (Å²) in [6, 6.07) is 16.9. The Kier molecular flexibility index (Phi) is 7.29. The summed E-state index contributed by atoms with van der Waals surface area (Å²) < 4.78 is 16.8. The summed E-state index contributed by atoms with van der Waals surface area (Å²) in [4.78, 5) is 11.8. The molecule has 0 spiro atoms. The number of nitrogens with one attached hydrogen (secondary N) is 2. The topological polar surface area (TPSA) is 67.4 Å². The molecule has 24 heavy (non-hydrogen) atoms. The van der Waals surface area contributed by atoms with Crippen LogP contribution in [-0.4, -0.2) is 28.8 Å². The molecule has 0 saturated carbocycles. The Morgan fingerprint density at radius 1 is 1.04 bits per heavy atom. The maximum atomic E-state index is 11.8. The van der Waals surface area contributed by atoms with Gasteiger partial charge in [0.05, 0.1) is 0 Å². The van der Waals surface area contributed by atoms with Crippen molar-refractivity contribution in [1.82, 2.24) is 10.6 Å².